The minimum absolute atomic E-state index is 0.138. The first-order valence-corrected chi connectivity index (χ1v) is 8.78. The Labute approximate surface area is 151 Å². The van der Waals surface area contributed by atoms with Crippen LogP contribution in [0.2, 0.25) is 0 Å². The predicted octanol–water partition coefficient (Wildman–Crippen LogP) is 0.714. The molecule has 9 nitrogen and oxygen atoms in total. The average molecular weight is 360 g/mol. The van der Waals surface area contributed by atoms with Gasteiger partial charge in [0, 0.05) is 23.9 Å². The van der Waals surface area contributed by atoms with E-state index in [2.05, 4.69) is 20.4 Å². The number of rotatable bonds is 7. The molecule has 0 spiro atoms. The fraction of sp³-hybridized carbons (Fsp3) is 0.588. The van der Waals surface area contributed by atoms with Crippen molar-refractivity contribution in [1.82, 2.24) is 24.9 Å². The van der Waals surface area contributed by atoms with Gasteiger partial charge < -0.3 is 15.8 Å². The van der Waals surface area contributed by atoms with Crippen LogP contribution >= 0.6 is 0 Å². The van der Waals surface area contributed by atoms with Crippen molar-refractivity contribution >= 4 is 23.6 Å². The van der Waals surface area contributed by atoms with E-state index in [4.69, 9.17) is 10.5 Å². The van der Waals surface area contributed by atoms with Crippen molar-refractivity contribution in [1.29, 1.82) is 0 Å². The molecule has 0 radical (unpaired) electrons. The first-order valence-electron chi connectivity index (χ1n) is 8.78. The zero-order valence-electron chi connectivity index (χ0n) is 15.3. The van der Waals surface area contributed by atoms with Crippen LogP contribution in [0.5, 0.6) is 0 Å². The topological polar surface area (TPSA) is 124 Å². The van der Waals surface area contributed by atoms with E-state index in [1.807, 2.05) is 20.8 Å². The smallest absolute Gasteiger partial charge is 0.306 e. The van der Waals surface area contributed by atoms with Gasteiger partial charge in [-0.3, -0.25) is 9.59 Å². The van der Waals surface area contributed by atoms with E-state index in [1.165, 1.54) is 0 Å². The van der Waals surface area contributed by atoms with Gasteiger partial charge in [-0.05, 0) is 51.5 Å². The molecule has 1 fully saturated rings. The molecule has 0 unspecified atom stereocenters. The summed E-state index contributed by atoms with van der Waals surface area (Å²) in [4.78, 5) is 32.2. The monoisotopic (exact) mass is 360 g/mol. The number of nitrogens with two attached hydrogens (primary N) is 1. The Balaban J connectivity index is 1.52. The molecule has 0 bridgehead atoms. The lowest BCUT2D eigenvalue weighted by molar-refractivity contribution is -0.148. The summed E-state index contributed by atoms with van der Waals surface area (Å²) >= 11 is 0. The maximum absolute atomic E-state index is 12.0. The summed E-state index contributed by atoms with van der Waals surface area (Å²) in [6, 6.07) is 0.138. The van der Waals surface area contributed by atoms with E-state index >= 15 is 0 Å². The molecule has 9 heteroatoms. The van der Waals surface area contributed by atoms with Gasteiger partial charge in [-0.2, -0.15) is 9.50 Å². The van der Waals surface area contributed by atoms with E-state index in [9.17, 15) is 9.59 Å². The van der Waals surface area contributed by atoms with Crippen LogP contribution in [0.25, 0.3) is 5.78 Å². The molecule has 0 aromatic carbocycles. The standard InChI is InChI=1S/C17H24N6O3/c1-9(12-4-5-12)19-14(24)8-26-15(25)7-6-13-10(2)20-17-21-16(18)22-23(17)11(13)3/h9,12H,4-8H2,1-3H3,(H2,18,22)(H,19,24)/t9-/m0/s1. The lowest BCUT2D eigenvalue weighted by atomic mass is 10.1. The number of anilines is 1. The van der Waals surface area contributed by atoms with Crippen molar-refractivity contribution in [2.24, 2.45) is 5.92 Å². The van der Waals surface area contributed by atoms with E-state index < -0.39 is 5.97 Å². The van der Waals surface area contributed by atoms with Crippen molar-refractivity contribution in [3.8, 4) is 0 Å². The number of hydrogen-bond donors (Lipinski definition) is 2. The van der Waals surface area contributed by atoms with Crippen LogP contribution in [0.4, 0.5) is 5.95 Å². The van der Waals surface area contributed by atoms with E-state index in [0.29, 0.717) is 18.1 Å². The van der Waals surface area contributed by atoms with Gasteiger partial charge in [0.05, 0.1) is 0 Å². The van der Waals surface area contributed by atoms with Crippen LogP contribution in [0, 0.1) is 19.8 Å². The molecule has 1 aliphatic rings. The highest BCUT2D eigenvalue weighted by atomic mass is 16.5. The van der Waals surface area contributed by atoms with Crippen molar-refractivity contribution in [2.45, 2.75) is 52.5 Å². The largest absolute Gasteiger partial charge is 0.456 e. The summed E-state index contributed by atoms with van der Waals surface area (Å²) in [6.45, 7) is 5.46. The van der Waals surface area contributed by atoms with Gasteiger partial charge in [0.2, 0.25) is 5.95 Å². The Kier molecular flexibility index (Phi) is 5.06. The Morgan fingerprint density at radius 2 is 2.08 bits per heavy atom. The van der Waals surface area contributed by atoms with Crippen LogP contribution in [-0.4, -0.2) is 44.1 Å². The highest BCUT2D eigenvalue weighted by Gasteiger charge is 2.29. The lowest BCUT2D eigenvalue weighted by Gasteiger charge is -2.13. The second kappa shape index (κ2) is 7.27. The number of amides is 1. The fourth-order valence-electron chi connectivity index (χ4n) is 3.04. The summed E-state index contributed by atoms with van der Waals surface area (Å²) in [5.41, 5.74) is 8.11. The number of hydrogen-bond acceptors (Lipinski definition) is 7. The number of esters is 1. The quantitative estimate of drug-likeness (QED) is 0.697. The summed E-state index contributed by atoms with van der Waals surface area (Å²) in [7, 11) is 0. The Morgan fingerprint density at radius 1 is 1.35 bits per heavy atom. The first kappa shape index (κ1) is 18.1. The van der Waals surface area contributed by atoms with Gasteiger partial charge in [-0.25, -0.2) is 4.98 Å². The van der Waals surface area contributed by atoms with Gasteiger partial charge in [-0.1, -0.05) is 0 Å². The van der Waals surface area contributed by atoms with Crippen molar-refractivity contribution in [2.75, 3.05) is 12.3 Å². The third kappa shape index (κ3) is 4.09. The normalized spacial score (nSPS) is 15.0. The Morgan fingerprint density at radius 3 is 2.77 bits per heavy atom. The predicted molar refractivity (Wildman–Crippen MR) is 94.3 cm³/mol. The molecule has 26 heavy (non-hydrogen) atoms. The molecule has 0 saturated heterocycles. The Hall–Kier alpha value is -2.71. The number of nitrogen functional groups attached to an aromatic ring is 1. The average Bonchev–Trinajstić information content (AvgIpc) is 3.35. The number of nitrogens with one attached hydrogen (secondary N) is 1. The molecule has 1 amide bonds. The third-order valence-electron chi connectivity index (χ3n) is 4.73. The molecule has 1 atom stereocenters. The summed E-state index contributed by atoms with van der Waals surface area (Å²) in [5, 5.41) is 6.95. The van der Waals surface area contributed by atoms with Gasteiger partial charge in [0.25, 0.3) is 11.7 Å². The van der Waals surface area contributed by atoms with E-state index in [1.54, 1.807) is 4.52 Å². The lowest BCUT2D eigenvalue weighted by Crippen LogP contribution is -2.37. The van der Waals surface area contributed by atoms with Crippen molar-refractivity contribution < 1.29 is 14.3 Å². The number of fused-ring (bicyclic) bond motifs is 1. The first-order chi connectivity index (χ1) is 12.3. The van der Waals surface area contributed by atoms with Crippen LogP contribution in [0.15, 0.2) is 0 Å². The molecule has 3 N–H and O–H groups in total. The van der Waals surface area contributed by atoms with Crippen LogP contribution in [0.1, 0.15) is 43.1 Å². The third-order valence-corrected chi connectivity index (χ3v) is 4.73. The molecule has 1 aliphatic carbocycles. The van der Waals surface area contributed by atoms with Gasteiger partial charge >= 0.3 is 5.97 Å². The summed E-state index contributed by atoms with van der Waals surface area (Å²) in [6.07, 6.45) is 2.90. The summed E-state index contributed by atoms with van der Waals surface area (Å²) < 4.78 is 6.64. The highest BCUT2D eigenvalue weighted by molar-refractivity contribution is 5.80. The molecule has 0 aliphatic heterocycles. The van der Waals surface area contributed by atoms with E-state index in [0.717, 1.165) is 29.8 Å². The SMILES string of the molecule is Cc1nc2nc(N)nn2c(C)c1CCC(=O)OCC(=O)N[C@@H](C)C1CC1. The van der Waals surface area contributed by atoms with Crippen LogP contribution < -0.4 is 11.1 Å². The molecule has 2 aromatic rings. The molecular weight excluding hydrogens is 336 g/mol. The van der Waals surface area contributed by atoms with Crippen molar-refractivity contribution in [3.63, 3.8) is 0 Å². The van der Waals surface area contributed by atoms with Gasteiger partial charge in [0.1, 0.15) is 0 Å². The second-order valence-electron chi connectivity index (χ2n) is 6.80. The number of aryl methyl sites for hydroxylation is 2. The number of carbonyl (C=O) groups excluding carboxylic acids is 2. The summed E-state index contributed by atoms with van der Waals surface area (Å²) in [5.74, 6) is 0.477. The fourth-order valence-corrected chi connectivity index (χ4v) is 3.04. The number of ether oxygens (including phenoxy) is 1. The highest BCUT2D eigenvalue weighted by Crippen LogP contribution is 2.32. The minimum atomic E-state index is -0.420. The van der Waals surface area contributed by atoms with Crippen molar-refractivity contribution in [3.05, 3.63) is 17.0 Å². The minimum Gasteiger partial charge on any atom is -0.456 e. The molecule has 1 saturated carbocycles. The molecule has 2 aromatic heterocycles. The number of aromatic nitrogens is 4. The van der Waals surface area contributed by atoms with E-state index in [-0.39, 0.29) is 30.9 Å². The maximum Gasteiger partial charge on any atom is 0.306 e. The van der Waals surface area contributed by atoms with Crippen LogP contribution in [0.3, 0.4) is 0 Å². The van der Waals surface area contributed by atoms with Crippen LogP contribution in [-0.2, 0) is 20.7 Å². The van der Waals surface area contributed by atoms with Gasteiger partial charge in [-0.15, -0.1) is 5.10 Å². The zero-order valence-corrected chi connectivity index (χ0v) is 15.3. The molecule has 3 rings (SSSR count). The molecule has 140 valence electrons. The maximum atomic E-state index is 12.0. The molecular formula is C17H24N6O3. The second-order valence-corrected chi connectivity index (χ2v) is 6.80. The Bertz CT molecular complexity index is 843. The zero-order chi connectivity index (χ0) is 18.8. The number of carbonyl (C=O) groups is 2. The number of nitrogens with zero attached hydrogens (tertiary/aromatic N) is 4. The van der Waals surface area contributed by atoms with Gasteiger partial charge in [0.15, 0.2) is 6.61 Å². The molecule has 2 heterocycles.